The highest BCUT2D eigenvalue weighted by molar-refractivity contribution is 7.22. The van der Waals surface area contributed by atoms with E-state index in [4.69, 9.17) is 4.98 Å². The van der Waals surface area contributed by atoms with Gasteiger partial charge >= 0.3 is 0 Å². The van der Waals surface area contributed by atoms with Crippen LogP contribution in [0.25, 0.3) is 10.2 Å². The lowest BCUT2D eigenvalue weighted by molar-refractivity contribution is -0.118. The monoisotopic (exact) mass is 414 g/mol. The quantitative estimate of drug-likeness (QED) is 0.384. The maximum absolute atomic E-state index is 13.5. The highest BCUT2D eigenvalue weighted by Crippen LogP contribution is 2.31. The number of hydrogen-bond donors (Lipinski definition) is 0. The normalized spacial score (nSPS) is 11.1. The highest BCUT2D eigenvalue weighted by atomic mass is 32.1. The number of thiazole rings is 1. The maximum atomic E-state index is 13.5. The zero-order valence-corrected chi connectivity index (χ0v) is 18.7. The number of benzene rings is 3. The van der Waals surface area contributed by atoms with E-state index in [2.05, 4.69) is 64.1 Å². The van der Waals surface area contributed by atoms with Gasteiger partial charge in [0, 0.05) is 0 Å². The summed E-state index contributed by atoms with van der Waals surface area (Å²) in [7, 11) is 0. The van der Waals surface area contributed by atoms with Crippen LogP contribution in [0.15, 0.2) is 60.7 Å². The molecular formula is C26H26N2OS. The first-order valence-electron chi connectivity index (χ1n) is 10.2. The second-order valence-electron chi connectivity index (χ2n) is 7.99. The number of carbonyl (C=O) groups is 1. The molecular weight excluding hydrogens is 388 g/mol. The summed E-state index contributed by atoms with van der Waals surface area (Å²) < 4.78 is 1.11. The Morgan fingerprint density at radius 1 is 0.900 bits per heavy atom. The SMILES string of the molecule is Cc1cc(C)c(CC(=O)N(Cc2ccccc2)c2nc3ccc(C)cc3s2)c(C)c1. The molecule has 4 rings (SSSR count). The Bertz CT molecular complexity index is 1190. The van der Waals surface area contributed by atoms with E-state index in [1.165, 1.54) is 22.3 Å². The average molecular weight is 415 g/mol. The first-order valence-corrected chi connectivity index (χ1v) is 11.0. The number of nitrogens with zero attached hydrogens (tertiary/aromatic N) is 2. The van der Waals surface area contributed by atoms with E-state index in [0.717, 1.165) is 26.5 Å². The van der Waals surface area contributed by atoms with Crippen molar-refractivity contribution in [3.05, 3.63) is 94.0 Å². The predicted octanol–water partition coefficient (Wildman–Crippen LogP) is 6.31. The van der Waals surface area contributed by atoms with Crippen molar-refractivity contribution in [1.29, 1.82) is 0 Å². The van der Waals surface area contributed by atoms with E-state index in [-0.39, 0.29) is 5.91 Å². The fraction of sp³-hybridized carbons (Fsp3) is 0.231. The van der Waals surface area contributed by atoms with Gasteiger partial charge in [-0.3, -0.25) is 9.69 Å². The maximum Gasteiger partial charge on any atom is 0.233 e. The van der Waals surface area contributed by atoms with E-state index in [1.54, 1.807) is 11.3 Å². The highest BCUT2D eigenvalue weighted by Gasteiger charge is 2.22. The van der Waals surface area contributed by atoms with Crippen LogP contribution >= 0.6 is 11.3 Å². The number of aryl methyl sites for hydroxylation is 4. The lowest BCUT2D eigenvalue weighted by atomic mass is 9.97. The van der Waals surface area contributed by atoms with Gasteiger partial charge in [0.25, 0.3) is 0 Å². The van der Waals surface area contributed by atoms with Crippen LogP contribution in [-0.2, 0) is 17.8 Å². The van der Waals surface area contributed by atoms with Gasteiger partial charge in [-0.05, 0) is 67.6 Å². The van der Waals surface area contributed by atoms with Crippen LogP contribution in [-0.4, -0.2) is 10.9 Å². The van der Waals surface area contributed by atoms with Crippen LogP contribution < -0.4 is 4.90 Å². The van der Waals surface area contributed by atoms with Crippen molar-refractivity contribution in [2.24, 2.45) is 0 Å². The van der Waals surface area contributed by atoms with Gasteiger partial charge in [-0.25, -0.2) is 4.98 Å². The number of carbonyl (C=O) groups excluding carboxylic acids is 1. The fourth-order valence-electron chi connectivity index (χ4n) is 3.90. The van der Waals surface area contributed by atoms with E-state index >= 15 is 0 Å². The molecule has 30 heavy (non-hydrogen) atoms. The van der Waals surface area contributed by atoms with Crippen molar-refractivity contribution < 1.29 is 4.79 Å². The van der Waals surface area contributed by atoms with E-state index in [0.29, 0.717) is 13.0 Å². The molecule has 0 aliphatic heterocycles. The summed E-state index contributed by atoms with van der Waals surface area (Å²) in [5.41, 5.74) is 7.91. The molecule has 0 radical (unpaired) electrons. The van der Waals surface area contributed by atoms with Crippen molar-refractivity contribution in [3.8, 4) is 0 Å². The molecule has 0 saturated carbocycles. The third kappa shape index (κ3) is 4.29. The molecule has 4 heteroatoms. The Labute approximate surface area is 182 Å². The Hall–Kier alpha value is -2.98. The summed E-state index contributed by atoms with van der Waals surface area (Å²) in [6, 6.07) is 20.7. The van der Waals surface area contributed by atoms with Crippen molar-refractivity contribution in [3.63, 3.8) is 0 Å². The average Bonchev–Trinajstić information content (AvgIpc) is 3.12. The zero-order chi connectivity index (χ0) is 21.3. The summed E-state index contributed by atoms with van der Waals surface area (Å²) in [4.78, 5) is 20.2. The lowest BCUT2D eigenvalue weighted by Crippen LogP contribution is -2.32. The van der Waals surface area contributed by atoms with Gasteiger partial charge in [-0.15, -0.1) is 0 Å². The number of anilines is 1. The van der Waals surface area contributed by atoms with E-state index in [9.17, 15) is 4.79 Å². The number of fused-ring (bicyclic) bond motifs is 1. The van der Waals surface area contributed by atoms with Gasteiger partial charge in [-0.1, -0.05) is 65.4 Å². The standard InChI is InChI=1S/C26H26N2OS/c1-17-10-11-23-24(14-17)30-26(27-23)28(16-21-8-6-5-7-9-21)25(29)15-22-19(3)12-18(2)13-20(22)4/h5-14H,15-16H2,1-4H3. The first-order chi connectivity index (χ1) is 14.4. The van der Waals surface area contributed by atoms with Gasteiger partial charge in [0.15, 0.2) is 5.13 Å². The molecule has 3 aromatic carbocycles. The summed E-state index contributed by atoms with van der Waals surface area (Å²) in [6.07, 6.45) is 0.375. The minimum absolute atomic E-state index is 0.0738. The van der Waals surface area contributed by atoms with E-state index in [1.807, 2.05) is 29.2 Å². The molecule has 0 aliphatic carbocycles. The lowest BCUT2D eigenvalue weighted by Gasteiger charge is -2.21. The Morgan fingerprint density at radius 3 is 2.30 bits per heavy atom. The number of rotatable bonds is 5. The molecule has 1 aromatic heterocycles. The van der Waals surface area contributed by atoms with Crippen LogP contribution in [0.4, 0.5) is 5.13 Å². The Kier molecular flexibility index (Phi) is 5.69. The van der Waals surface area contributed by atoms with Crippen LogP contribution in [0, 0.1) is 27.7 Å². The molecule has 1 amide bonds. The third-order valence-electron chi connectivity index (χ3n) is 5.42. The summed E-state index contributed by atoms with van der Waals surface area (Å²) in [6.45, 7) is 8.86. The largest absolute Gasteiger partial charge is 0.283 e. The Morgan fingerprint density at radius 2 is 1.60 bits per heavy atom. The molecule has 0 bridgehead atoms. The van der Waals surface area contributed by atoms with Crippen LogP contribution in [0.5, 0.6) is 0 Å². The molecule has 0 fully saturated rings. The molecule has 0 unspecified atom stereocenters. The number of hydrogen-bond acceptors (Lipinski definition) is 3. The van der Waals surface area contributed by atoms with Crippen LogP contribution in [0.3, 0.4) is 0 Å². The predicted molar refractivity (Wildman–Crippen MR) is 126 cm³/mol. The molecule has 3 nitrogen and oxygen atoms in total. The molecule has 0 saturated heterocycles. The first kappa shape index (κ1) is 20.3. The van der Waals surface area contributed by atoms with E-state index < -0.39 is 0 Å². The Balaban J connectivity index is 1.71. The molecule has 0 atom stereocenters. The fourth-order valence-corrected chi connectivity index (χ4v) is 4.98. The van der Waals surface area contributed by atoms with Crippen molar-refractivity contribution in [2.75, 3.05) is 4.90 Å². The van der Waals surface area contributed by atoms with Gasteiger partial charge < -0.3 is 0 Å². The topological polar surface area (TPSA) is 33.2 Å². The number of amides is 1. The van der Waals surface area contributed by atoms with Crippen molar-refractivity contribution >= 4 is 32.6 Å². The summed E-state index contributed by atoms with van der Waals surface area (Å²) in [5.74, 6) is 0.0738. The molecule has 0 N–H and O–H groups in total. The zero-order valence-electron chi connectivity index (χ0n) is 17.9. The second kappa shape index (κ2) is 8.41. The van der Waals surface area contributed by atoms with Gasteiger partial charge in [-0.2, -0.15) is 0 Å². The molecule has 1 heterocycles. The molecule has 0 aliphatic rings. The second-order valence-corrected chi connectivity index (χ2v) is 9.00. The van der Waals surface area contributed by atoms with Gasteiger partial charge in [0.05, 0.1) is 23.2 Å². The molecule has 152 valence electrons. The molecule has 4 aromatic rings. The summed E-state index contributed by atoms with van der Waals surface area (Å²) in [5, 5.41) is 0.756. The van der Waals surface area contributed by atoms with Crippen molar-refractivity contribution in [1.82, 2.24) is 4.98 Å². The van der Waals surface area contributed by atoms with Crippen LogP contribution in [0.1, 0.15) is 33.4 Å². The van der Waals surface area contributed by atoms with Crippen LogP contribution in [0.2, 0.25) is 0 Å². The minimum atomic E-state index is 0.0738. The van der Waals surface area contributed by atoms with Gasteiger partial charge in [0.2, 0.25) is 5.91 Å². The number of aromatic nitrogens is 1. The third-order valence-corrected chi connectivity index (χ3v) is 6.46. The minimum Gasteiger partial charge on any atom is -0.283 e. The van der Waals surface area contributed by atoms with Crippen molar-refractivity contribution in [2.45, 2.75) is 40.7 Å². The summed E-state index contributed by atoms with van der Waals surface area (Å²) >= 11 is 1.58. The molecule has 0 spiro atoms. The van der Waals surface area contributed by atoms with Gasteiger partial charge in [0.1, 0.15) is 0 Å². The smallest absolute Gasteiger partial charge is 0.233 e.